The maximum atomic E-state index is 13.6. The second-order valence-electron chi connectivity index (χ2n) is 8.72. The highest BCUT2D eigenvalue weighted by molar-refractivity contribution is 5.90. The Morgan fingerprint density at radius 2 is 1.67 bits per heavy atom. The Hall–Kier alpha value is -3.86. The molecule has 1 aliphatic rings. The van der Waals surface area contributed by atoms with Gasteiger partial charge in [-0.3, -0.25) is 0 Å². The summed E-state index contributed by atoms with van der Waals surface area (Å²) in [6, 6.07) is 26.1. The summed E-state index contributed by atoms with van der Waals surface area (Å²) < 4.78 is 15.5. The van der Waals surface area contributed by atoms with Crippen LogP contribution in [0.1, 0.15) is 48.2 Å². The number of urea groups is 1. The van der Waals surface area contributed by atoms with Gasteiger partial charge in [0.25, 0.3) is 0 Å². The van der Waals surface area contributed by atoms with Crippen molar-refractivity contribution in [3.05, 3.63) is 119 Å². The van der Waals surface area contributed by atoms with Crippen LogP contribution in [0.3, 0.4) is 0 Å². The third-order valence-corrected chi connectivity index (χ3v) is 6.24. The number of nitrogens with one attached hydrogen (secondary N) is 1. The molecule has 1 aliphatic heterocycles. The van der Waals surface area contributed by atoms with Gasteiger partial charge in [0.05, 0.1) is 18.3 Å². The van der Waals surface area contributed by atoms with Gasteiger partial charge in [0, 0.05) is 17.6 Å². The maximum absolute atomic E-state index is 13.6. The Labute approximate surface area is 193 Å². The molecule has 0 spiro atoms. The number of para-hydroxylation sites is 1. The lowest BCUT2D eigenvalue weighted by atomic mass is 9.97. The molecule has 3 aromatic carbocycles. The average molecular weight is 440 g/mol. The first-order valence-corrected chi connectivity index (χ1v) is 11.2. The van der Waals surface area contributed by atoms with E-state index in [1.165, 1.54) is 17.7 Å². The van der Waals surface area contributed by atoms with Gasteiger partial charge in [0.1, 0.15) is 5.82 Å². The van der Waals surface area contributed by atoms with Crippen LogP contribution in [0.5, 0.6) is 0 Å². The number of hydrogen-bond acceptors (Lipinski definition) is 1. The van der Waals surface area contributed by atoms with Crippen molar-refractivity contribution in [2.24, 2.45) is 0 Å². The normalized spacial score (nSPS) is 15.0. The Kier molecular flexibility index (Phi) is 5.47. The predicted octanol–water partition coefficient (Wildman–Crippen LogP) is 6.88. The maximum Gasteiger partial charge on any atom is 0.322 e. The highest BCUT2D eigenvalue weighted by atomic mass is 19.1. The van der Waals surface area contributed by atoms with Crippen molar-refractivity contribution in [3.8, 4) is 5.69 Å². The van der Waals surface area contributed by atoms with Crippen molar-refractivity contribution >= 4 is 11.7 Å². The summed E-state index contributed by atoms with van der Waals surface area (Å²) in [5.41, 5.74) is 6.01. The summed E-state index contributed by atoms with van der Waals surface area (Å²) in [7, 11) is 0. The smallest absolute Gasteiger partial charge is 0.318 e. The molecule has 4 aromatic rings. The third-order valence-electron chi connectivity index (χ3n) is 6.24. The number of carbonyl (C=O) groups is 1. The van der Waals surface area contributed by atoms with Crippen LogP contribution in [0.2, 0.25) is 0 Å². The fourth-order valence-electron chi connectivity index (χ4n) is 4.48. The molecule has 0 aliphatic carbocycles. The molecule has 2 heterocycles. The minimum Gasteiger partial charge on any atom is -0.318 e. The molecule has 0 unspecified atom stereocenters. The first kappa shape index (κ1) is 21.0. The van der Waals surface area contributed by atoms with Crippen molar-refractivity contribution in [2.45, 2.75) is 32.4 Å². The van der Waals surface area contributed by atoms with Crippen LogP contribution in [0.4, 0.5) is 14.9 Å². The molecular formula is C28H26FN3O. The van der Waals surface area contributed by atoms with E-state index in [0.29, 0.717) is 18.2 Å². The van der Waals surface area contributed by atoms with Gasteiger partial charge >= 0.3 is 6.03 Å². The van der Waals surface area contributed by atoms with Crippen LogP contribution in [-0.2, 0) is 6.54 Å². The molecule has 0 bridgehead atoms. The van der Waals surface area contributed by atoms with Crippen molar-refractivity contribution in [1.82, 2.24) is 9.47 Å². The zero-order valence-corrected chi connectivity index (χ0v) is 18.7. The van der Waals surface area contributed by atoms with E-state index in [1.54, 1.807) is 12.1 Å². The molecule has 5 heteroatoms. The van der Waals surface area contributed by atoms with Crippen molar-refractivity contribution in [1.29, 1.82) is 0 Å². The van der Waals surface area contributed by atoms with E-state index in [4.69, 9.17) is 0 Å². The first-order chi connectivity index (χ1) is 16.0. The van der Waals surface area contributed by atoms with Gasteiger partial charge in [-0.05, 0) is 65.1 Å². The van der Waals surface area contributed by atoms with Crippen molar-refractivity contribution in [2.75, 3.05) is 5.32 Å². The van der Waals surface area contributed by atoms with E-state index < -0.39 is 0 Å². The molecule has 0 radical (unpaired) electrons. The number of fused-ring (bicyclic) bond motifs is 3. The van der Waals surface area contributed by atoms with Crippen LogP contribution >= 0.6 is 0 Å². The molecule has 4 nitrogen and oxygen atoms in total. The zero-order valence-electron chi connectivity index (χ0n) is 18.7. The number of hydrogen-bond donors (Lipinski definition) is 1. The van der Waals surface area contributed by atoms with E-state index >= 15 is 0 Å². The van der Waals surface area contributed by atoms with Gasteiger partial charge in [0.2, 0.25) is 0 Å². The van der Waals surface area contributed by atoms with E-state index in [1.807, 2.05) is 29.3 Å². The summed E-state index contributed by atoms with van der Waals surface area (Å²) in [5.74, 6) is 0.0943. The molecule has 1 atom stereocenters. The fraction of sp³-hybridized carbons (Fsp3) is 0.179. The Bertz CT molecular complexity index is 1280. The van der Waals surface area contributed by atoms with Crippen LogP contribution in [-0.4, -0.2) is 15.5 Å². The summed E-state index contributed by atoms with van der Waals surface area (Å²) in [4.78, 5) is 15.5. The number of aromatic nitrogens is 1. The summed E-state index contributed by atoms with van der Waals surface area (Å²) in [5, 5.41) is 2.96. The average Bonchev–Trinajstić information content (AvgIpc) is 3.25. The van der Waals surface area contributed by atoms with Crippen molar-refractivity contribution < 1.29 is 9.18 Å². The van der Waals surface area contributed by atoms with E-state index in [0.717, 1.165) is 22.5 Å². The SMILES string of the molecule is CC(C)c1ccc([C@@H]2c3cccn3-c3ccccc3CN2C(=O)Nc2ccc(F)cc2)cc1. The van der Waals surface area contributed by atoms with E-state index in [9.17, 15) is 9.18 Å². The number of rotatable bonds is 3. The lowest BCUT2D eigenvalue weighted by Crippen LogP contribution is -2.37. The quantitative estimate of drug-likeness (QED) is 0.371. The van der Waals surface area contributed by atoms with Gasteiger partial charge < -0.3 is 14.8 Å². The van der Waals surface area contributed by atoms with Crippen LogP contribution in [0.15, 0.2) is 91.1 Å². The minimum absolute atomic E-state index is 0.232. The molecule has 33 heavy (non-hydrogen) atoms. The van der Waals surface area contributed by atoms with Gasteiger partial charge in [0.15, 0.2) is 0 Å². The van der Waals surface area contributed by atoms with Gasteiger partial charge in [-0.1, -0.05) is 56.3 Å². The van der Waals surface area contributed by atoms with E-state index in [2.05, 4.69) is 66.2 Å². The van der Waals surface area contributed by atoms with Crippen molar-refractivity contribution in [3.63, 3.8) is 0 Å². The lowest BCUT2D eigenvalue weighted by molar-refractivity contribution is 0.194. The van der Waals surface area contributed by atoms with Crippen LogP contribution in [0.25, 0.3) is 5.69 Å². The molecule has 0 fully saturated rings. The number of anilines is 1. The van der Waals surface area contributed by atoms with Crippen LogP contribution < -0.4 is 5.32 Å². The lowest BCUT2D eigenvalue weighted by Gasteiger charge is -2.31. The number of nitrogens with zero attached hydrogens (tertiary/aromatic N) is 2. The molecule has 166 valence electrons. The highest BCUT2D eigenvalue weighted by Crippen LogP contribution is 2.37. The first-order valence-electron chi connectivity index (χ1n) is 11.2. The zero-order chi connectivity index (χ0) is 22.9. The van der Waals surface area contributed by atoms with Gasteiger partial charge in [-0.15, -0.1) is 0 Å². The number of halogens is 1. The Morgan fingerprint density at radius 1 is 0.939 bits per heavy atom. The topological polar surface area (TPSA) is 37.3 Å². The molecule has 1 N–H and O–H groups in total. The second kappa shape index (κ2) is 8.58. The monoisotopic (exact) mass is 439 g/mol. The highest BCUT2D eigenvalue weighted by Gasteiger charge is 2.33. The number of amides is 2. The van der Waals surface area contributed by atoms with Gasteiger partial charge in [-0.25, -0.2) is 9.18 Å². The predicted molar refractivity (Wildman–Crippen MR) is 129 cm³/mol. The number of benzene rings is 3. The standard InChI is InChI=1S/C28H26FN3O/c1-19(2)20-9-11-21(12-10-20)27-26-8-5-17-31(26)25-7-4-3-6-22(25)18-32(27)28(33)30-24-15-13-23(29)14-16-24/h3-17,19,27H,18H2,1-2H3,(H,30,33)/t27-/m1/s1. The largest absolute Gasteiger partial charge is 0.322 e. The fourth-order valence-corrected chi connectivity index (χ4v) is 4.48. The Balaban J connectivity index is 1.61. The second-order valence-corrected chi connectivity index (χ2v) is 8.72. The third kappa shape index (κ3) is 4.02. The van der Waals surface area contributed by atoms with Crippen LogP contribution in [0, 0.1) is 5.82 Å². The summed E-state index contributed by atoms with van der Waals surface area (Å²) >= 11 is 0. The Morgan fingerprint density at radius 3 is 2.39 bits per heavy atom. The summed E-state index contributed by atoms with van der Waals surface area (Å²) in [6.07, 6.45) is 2.05. The van der Waals surface area contributed by atoms with Gasteiger partial charge in [-0.2, -0.15) is 0 Å². The molecule has 0 saturated carbocycles. The molecule has 1 aromatic heterocycles. The molecule has 5 rings (SSSR count). The number of carbonyl (C=O) groups excluding carboxylic acids is 1. The molecule has 0 saturated heterocycles. The molecular weight excluding hydrogens is 413 g/mol. The minimum atomic E-state index is -0.336. The van der Waals surface area contributed by atoms with E-state index in [-0.39, 0.29) is 17.9 Å². The summed E-state index contributed by atoms with van der Waals surface area (Å²) in [6.45, 7) is 4.79. The molecule has 2 amide bonds.